The van der Waals surface area contributed by atoms with Gasteiger partial charge in [0.15, 0.2) is 0 Å². The molecular weight excluding hydrogens is 450 g/mol. The minimum absolute atomic E-state index is 0.190. The van der Waals surface area contributed by atoms with Crippen molar-refractivity contribution in [2.24, 2.45) is 0 Å². The van der Waals surface area contributed by atoms with E-state index in [2.05, 4.69) is 5.32 Å². The van der Waals surface area contributed by atoms with E-state index in [0.29, 0.717) is 29.8 Å². The van der Waals surface area contributed by atoms with Gasteiger partial charge in [-0.3, -0.25) is 9.11 Å². The van der Waals surface area contributed by atoms with E-state index < -0.39 is 20.2 Å². The minimum Gasteiger partial charge on any atom is -0.309 e. The molecule has 0 bridgehead atoms. The molecule has 0 saturated heterocycles. The van der Waals surface area contributed by atoms with Crippen molar-refractivity contribution in [2.45, 2.75) is 29.8 Å². The summed E-state index contributed by atoms with van der Waals surface area (Å²) < 4.78 is 68.0. The van der Waals surface area contributed by atoms with Gasteiger partial charge in [-0.1, -0.05) is 48.5 Å². The molecule has 0 radical (unpaired) electrons. The van der Waals surface area contributed by atoms with Crippen molar-refractivity contribution < 1.29 is 25.9 Å². The molecule has 0 atom stereocenters. The van der Waals surface area contributed by atoms with E-state index in [4.69, 9.17) is 0 Å². The number of aryl methyl sites for hydroxylation is 1. The molecule has 4 rings (SSSR count). The summed E-state index contributed by atoms with van der Waals surface area (Å²) in [6.45, 7) is 2.91. The Hall–Kier alpha value is -2.82. The molecule has 0 saturated carbocycles. The van der Waals surface area contributed by atoms with E-state index in [0.717, 1.165) is 11.1 Å². The molecule has 32 heavy (non-hydrogen) atoms. The van der Waals surface area contributed by atoms with Crippen molar-refractivity contribution in [3.05, 3.63) is 94.0 Å². The van der Waals surface area contributed by atoms with Gasteiger partial charge >= 0.3 is 0 Å². The van der Waals surface area contributed by atoms with E-state index in [1.165, 1.54) is 30.3 Å². The largest absolute Gasteiger partial charge is 0.309 e. The zero-order valence-corrected chi connectivity index (χ0v) is 18.7. The molecule has 1 aliphatic rings. The van der Waals surface area contributed by atoms with Crippen molar-refractivity contribution in [2.75, 3.05) is 0 Å². The Morgan fingerprint density at radius 1 is 0.844 bits per heavy atom. The van der Waals surface area contributed by atoms with E-state index in [1.54, 1.807) is 25.1 Å². The number of hydrogen-bond donors (Lipinski definition) is 3. The maximum atomic E-state index is 12.2. The summed E-state index contributed by atoms with van der Waals surface area (Å²) in [5, 5.41) is 3.26. The highest BCUT2D eigenvalue weighted by Gasteiger charge is 2.24. The molecule has 0 aliphatic carbocycles. The van der Waals surface area contributed by atoms with Gasteiger partial charge in [0.05, 0.1) is 0 Å². The fraction of sp³-hybridized carbons (Fsp3) is 0.130. The van der Waals surface area contributed by atoms with E-state index >= 15 is 0 Å². The standard InChI is InChI=1S/C23H21NO6S2/c1-15-9-10-19(23(11-15)32(28,29)30)20(18-7-4-6-17-13-24-14-21(17)18)12-16-5-2-3-8-22(16)31(25,26)27/h2-12,24H,13-14H2,1H3,(H,25,26,27)(H,28,29,30). The van der Waals surface area contributed by atoms with Crippen LogP contribution in [0.3, 0.4) is 0 Å². The van der Waals surface area contributed by atoms with Crippen LogP contribution in [-0.4, -0.2) is 25.9 Å². The molecule has 1 heterocycles. The van der Waals surface area contributed by atoms with Crippen molar-refractivity contribution >= 4 is 31.9 Å². The molecule has 1 aliphatic heterocycles. The lowest BCUT2D eigenvalue weighted by Crippen LogP contribution is -2.06. The van der Waals surface area contributed by atoms with Crippen LogP contribution in [0.5, 0.6) is 0 Å². The Morgan fingerprint density at radius 3 is 2.28 bits per heavy atom. The minimum atomic E-state index is -4.58. The molecule has 0 unspecified atom stereocenters. The third-order valence-corrected chi connectivity index (χ3v) is 7.20. The van der Waals surface area contributed by atoms with E-state index in [-0.39, 0.29) is 20.9 Å². The van der Waals surface area contributed by atoms with Crippen LogP contribution in [-0.2, 0) is 33.3 Å². The highest BCUT2D eigenvalue weighted by atomic mass is 32.2. The molecular formula is C23H21NO6S2. The Labute approximate surface area is 186 Å². The number of benzene rings is 3. The molecule has 0 aromatic heterocycles. The zero-order valence-electron chi connectivity index (χ0n) is 17.1. The van der Waals surface area contributed by atoms with Crippen molar-refractivity contribution in [3.8, 4) is 0 Å². The molecule has 3 aromatic rings. The molecule has 3 N–H and O–H groups in total. The van der Waals surface area contributed by atoms with Crippen LogP contribution in [0, 0.1) is 6.92 Å². The Kier molecular flexibility index (Phi) is 5.78. The van der Waals surface area contributed by atoms with Gasteiger partial charge in [0, 0.05) is 18.7 Å². The highest BCUT2D eigenvalue weighted by Crippen LogP contribution is 2.36. The molecule has 9 heteroatoms. The summed E-state index contributed by atoms with van der Waals surface area (Å²) >= 11 is 0. The maximum absolute atomic E-state index is 12.2. The molecule has 0 spiro atoms. The van der Waals surface area contributed by atoms with Gasteiger partial charge in [-0.05, 0) is 58.5 Å². The first-order chi connectivity index (χ1) is 15.1. The average Bonchev–Trinajstić information content (AvgIpc) is 3.20. The third-order valence-electron chi connectivity index (χ3n) is 5.38. The molecule has 0 amide bonds. The summed E-state index contributed by atoms with van der Waals surface area (Å²) in [7, 11) is -9.10. The fourth-order valence-electron chi connectivity index (χ4n) is 3.94. The Morgan fingerprint density at radius 2 is 1.56 bits per heavy atom. The number of nitrogens with one attached hydrogen (secondary N) is 1. The first kappa shape index (κ1) is 22.4. The van der Waals surface area contributed by atoms with Crippen LogP contribution in [0.25, 0.3) is 11.6 Å². The second-order valence-corrected chi connectivity index (χ2v) is 10.4. The van der Waals surface area contributed by atoms with Crippen molar-refractivity contribution in [1.29, 1.82) is 0 Å². The Bertz CT molecular complexity index is 1460. The molecule has 3 aromatic carbocycles. The third kappa shape index (κ3) is 4.38. The topological polar surface area (TPSA) is 121 Å². The maximum Gasteiger partial charge on any atom is 0.295 e. The quantitative estimate of drug-likeness (QED) is 0.383. The van der Waals surface area contributed by atoms with Crippen LogP contribution in [0.2, 0.25) is 0 Å². The summed E-state index contributed by atoms with van der Waals surface area (Å²) in [5.41, 5.74) is 4.15. The van der Waals surface area contributed by atoms with Gasteiger partial charge in [-0.25, -0.2) is 0 Å². The lowest BCUT2D eigenvalue weighted by Gasteiger charge is -2.17. The van der Waals surface area contributed by atoms with Gasteiger partial charge in [-0.2, -0.15) is 16.8 Å². The molecule has 166 valence electrons. The second kappa shape index (κ2) is 8.27. The van der Waals surface area contributed by atoms with Gasteiger partial charge in [0.25, 0.3) is 20.2 Å². The first-order valence-corrected chi connectivity index (χ1v) is 12.6. The smallest absolute Gasteiger partial charge is 0.295 e. The first-order valence-electron chi connectivity index (χ1n) is 9.74. The predicted octanol–water partition coefficient (Wildman–Crippen LogP) is 3.68. The molecule has 0 fully saturated rings. The van der Waals surface area contributed by atoms with Gasteiger partial charge in [-0.15, -0.1) is 0 Å². The van der Waals surface area contributed by atoms with Gasteiger partial charge < -0.3 is 5.32 Å². The number of rotatable bonds is 5. The van der Waals surface area contributed by atoms with E-state index in [1.807, 2.05) is 18.2 Å². The molecule has 7 nitrogen and oxygen atoms in total. The fourth-order valence-corrected chi connectivity index (χ4v) is 5.41. The van der Waals surface area contributed by atoms with Crippen LogP contribution in [0.1, 0.15) is 33.4 Å². The van der Waals surface area contributed by atoms with Crippen molar-refractivity contribution in [3.63, 3.8) is 0 Å². The average molecular weight is 472 g/mol. The summed E-state index contributed by atoms with van der Waals surface area (Å²) in [6, 6.07) is 16.2. The van der Waals surface area contributed by atoms with Crippen LogP contribution in [0.15, 0.2) is 70.5 Å². The van der Waals surface area contributed by atoms with Gasteiger partial charge in [0.1, 0.15) is 9.79 Å². The highest BCUT2D eigenvalue weighted by molar-refractivity contribution is 7.86. The SMILES string of the molecule is Cc1ccc(C(=Cc2ccccc2S(=O)(=O)O)c2cccc3c2CNC3)c(S(=O)(=O)O)c1. The Balaban J connectivity index is 2.09. The van der Waals surface area contributed by atoms with Crippen LogP contribution >= 0.6 is 0 Å². The van der Waals surface area contributed by atoms with Crippen LogP contribution in [0.4, 0.5) is 0 Å². The van der Waals surface area contributed by atoms with E-state index in [9.17, 15) is 25.9 Å². The lowest BCUT2D eigenvalue weighted by atomic mass is 9.90. The lowest BCUT2D eigenvalue weighted by molar-refractivity contribution is 0.480. The zero-order chi connectivity index (χ0) is 23.1. The second-order valence-electron chi connectivity index (χ2n) is 7.59. The normalized spacial score (nSPS) is 14.4. The van der Waals surface area contributed by atoms with Crippen LogP contribution < -0.4 is 5.32 Å². The number of hydrogen-bond acceptors (Lipinski definition) is 5. The van der Waals surface area contributed by atoms with Crippen molar-refractivity contribution in [1.82, 2.24) is 5.32 Å². The van der Waals surface area contributed by atoms with Gasteiger partial charge in [0.2, 0.25) is 0 Å². The predicted molar refractivity (Wildman–Crippen MR) is 121 cm³/mol. The monoisotopic (exact) mass is 471 g/mol. The number of fused-ring (bicyclic) bond motifs is 1. The summed E-state index contributed by atoms with van der Waals surface area (Å²) in [4.78, 5) is -0.583. The summed E-state index contributed by atoms with van der Waals surface area (Å²) in [6.07, 6.45) is 1.52. The summed E-state index contributed by atoms with van der Waals surface area (Å²) in [5.74, 6) is 0.